The van der Waals surface area contributed by atoms with Crippen LogP contribution < -0.4 is 5.32 Å². The summed E-state index contributed by atoms with van der Waals surface area (Å²) >= 11 is 0. The number of hydrogen-bond acceptors (Lipinski definition) is 5. The molecule has 4 rings (SSSR count). The van der Waals surface area contributed by atoms with Crippen molar-refractivity contribution in [2.24, 2.45) is 0 Å². The van der Waals surface area contributed by atoms with E-state index in [1.54, 1.807) is 12.4 Å². The van der Waals surface area contributed by atoms with E-state index in [-0.39, 0.29) is 17.8 Å². The van der Waals surface area contributed by atoms with Crippen LogP contribution in [0.2, 0.25) is 0 Å². The first-order chi connectivity index (χ1) is 12.5. The molecule has 0 saturated carbocycles. The smallest absolute Gasteiger partial charge is 0.162 e. The number of pyridine rings is 1. The topological polar surface area (TPSA) is 79.4 Å². The van der Waals surface area contributed by atoms with Gasteiger partial charge < -0.3 is 10.3 Å². The molecule has 0 amide bonds. The van der Waals surface area contributed by atoms with E-state index in [4.69, 9.17) is 4.98 Å². The van der Waals surface area contributed by atoms with Crippen molar-refractivity contribution >= 4 is 27.9 Å². The standard InChI is InChI=1S/C19H19FN6/c1-10(2)16-14(6-12-4-5-13(20)7-15(12)26-16)11(3)25-19-17-18(22-8-21-17)23-9-24-19/h4-11H,1-3H3,(H2,21,22,23,24,25)/t11-/m0/s1. The number of anilines is 1. The molecule has 3 aromatic heterocycles. The van der Waals surface area contributed by atoms with E-state index >= 15 is 0 Å². The van der Waals surface area contributed by atoms with Crippen LogP contribution in [-0.2, 0) is 0 Å². The summed E-state index contributed by atoms with van der Waals surface area (Å²) in [6.45, 7) is 6.22. The fourth-order valence-corrected chi connectivity index (χ4v) is 3.13. The van der Waals surface area contributed by atoms with Crippen molar-refractivity contribution in [3.05, 3.63) is 54.0 Å². The lowest BCUT2D eigenvalue weighted by Gasteiger charge is -2.20. The van der Waals surface area contributed by atoms with E-state index < -0.39 is 0 Å². The highest BCUT2D eigenvalue weighted by atomic mass is 19.1. The molecule has 0 fully saturated rings. The van der Waals surface area contributed by atoms with Crippen LogP contribution in [0.3, 0.4) is 0 Å². The molecule has 0 aliphatic rings. The Morgan fingerprint density at radius 2 is 1.92 bits per heavy atom. The summed E-state index contributed by atoms with van der Waals surface area (Å²) in [6.07, 6.45) is 3.10. The van der Waals surface area contributed by atoms with Gasteiger partial charge in [-0.05, 0) is 36.6 Å². The third-order valence-electron chi connectivity index (χ3n) is 4.42. The molecule has 1 aromatic carbocycles. The molecule has 7 heteroatoms. The number of hydrogen-bond donors (Lipinski definition) is 2. The minimum atomic E-state index is -0.277. The molecule has 2 N–H and O–H groups in total. The summed E-state index contributed by atoms with van der Waals surface area (Å²) in [7, 11) is 0. The maximum atomic E-state index is 13.6. The molecular formula is C19H19FN6. The van der Waals surface area contributed by atoms with Crippen molar-refractivity contribution in [2.75, 3.05) is 5.32 Å². The van der Waals surface area contributed by atoms with Crippen molar-refractivity contribution in [2.45, 2.75) is 32.7 Å². The minimum Gasteiger partial charge on any atom is -0.362 e. The average molecular weight is 350 g/mol. The highest BCUT2D eigenvalue weighted by Gasteiger charge is 2.18. The van der Waals surface area contributed by atoms with Crippen LogP contribution in [0, 0.1) is 5.82 Å². The van der Waals surface area contributed by atoms with Gasteiger partial charge in [0.25, 0.3) is 0 Å². The van der Waals surface area contributed by atoms with Gasteiger partial charge in [0.05, 0.1) is 17.9 Å². The van der Waals surface area contributed by atoms with E-state index in [0.717, 1.165) is 16.6 Å². The summed E-state index contributed by atoms with van der Waals surface area (Å²) in [4.78, 5) is 20.5. The van der Waals surface area contributed by atoms with E-state index in [1.165, 1.54) is 18.5 Å². The fourth-order valence-electron chi connectivity index (χ4n) is 3.13. The Morgan fingerprint density at radius 1 is 1.08 bits per heavy atom. The van der Waals surface area contributed by atoms with Crippen LogP contribution in [0.1, 0.15) is 44.0 Å². The second-order valence-electron chi connectivity index (χ2n) is 6.64. The molecule has 0 bridgehead atoms. The number of halogens is 1. The van der Waals surface area contributed by atoms with E-state index in [1.807, 2.05) is 0 Å². The minimum absolute atomic E-state index is 0.0517. The number of H-pyrrole nitrogens is 1. The Bertz CT molecular complexity index is 1090. The van der Waals surface area contributed by atoms with E-state index in [9.17, 15) is 4.39 Å². The molecule has 0 aliphatic carbocycles. The average Bonchev–Trinajstić information content (AvgIpc) is 3.10. The number of nitrogens with zero attached hydrogens (tertiary/aromatic N) is 4. The quantitative estimate of drug-likeness (QED) is 0.572. The van der Waals surface area contributed by atoms with Crippen molar-refractivity contribution in [3.63, 3.8) is 0 Å². The lowest BCUT2D eigenvalue weighted by molar-refractivity contribution is 0.629. The first kappa shape index (κ1) is 16.4. The normalized spacial score (nSPS) is 12.8. The molecule has 3 heterocycles. The van der Waals surface area contributed by atoms with Crippen LogP contribution in [-0.4, -0.2) is 24.9 Å². The van der Waals surface area contributed by atoms with E-state index in [0.29, 0.717) is 22.5 Å². The molecule has 0 saturated heterocycles. The van der Waals surface area contributed by atoms with E-state index in [2.05, 4.69) is 52.1 Å². The Labute approximate surface area is 149 Å². The van der Waals surface area contributed by atoms with Crippen LogP contribution in [0.25, 0.3) is 22.1 Å². The third-order valence-corrected chi connectivity index (χ3v) is 4.42. The number of benzene rings is 1. The van der Waals surface area contributed by atoms with Crippen molar-refractivity contribution in [1.82, 2.24) is 24.9 Å². The Kier molecular flexibility index (Phi) is 3.99. The maximum absolute atomic E-state index is 13.6. The summed E-state index contributed by atoms with van der Waals surface area (Å²) in [5.74, 6) is 0.593. The molecule has 26 heavy (non-hydrogen) atoms. The monoisotopic (exact) mass is 350 g/mol. The summed E-state index contributed by atoms with van der Waals surface area (Å²) in [6, 6.07) is 6.70. The van der Waals surface area contributed by atoms with Crippen LogP contribution in [0.4, 0.5) is 10.2 Å². The SMILES string of the molecule is CC(C)c1nc2cc(F)ccc2cc1[C@H](C)Nc1ncnc2[nH]cnc12. The lowest BCUT2D eigenvalue weighted by Crippen LogP contribution is -2.13. The molecule has 4 aromatic rings. The van der Waals surface area contributed by atoms with Crippen LogP contribution in [0.5, 0.6) is 0 Å². The number of rotatable bonds is 4. The molecule has 0 unspecified atom stereocenters. The number of imidazole rings is 1. The summed E-state index contributed by atoms with van der Waals surface area (Å²) in [5.41, 5.74) is 4.05. The second kappa shape index (κ2) is 6.33. The van der Waals surface area contributed by atoms with Gasteiger partial charge in [-0.15, -0.1) is 0 Å². The van der Waals surface area contributed by atoms with Gasteiger partial charge in [-0.1, -0.05) is 13.8 Å². The Morgan fingerprint density at radius 3 is 2.73 bits per heavy atom. The van der Waals surface area contributed by atoms with Crippen molar-refractivity contribution in [3.8, 4) is 0 Å². The number of fused-ring (bicyclic) bond motifs is 2. The maximum Gasteiger partial charge on any atom is 0.162 e. The zero-order valence-electron chi connectivity index (χ0n) is 14.8. The highest BCUT2D eigenvalue weighted by molar-refractivity contribution is 5.83. The predicted octanol–water partition coefficient (Wildman–Crippen LogP) is 4.34. The first-order valence-corrected chi connectivity index (χ1v) is 8.53. The zero-order valence-corrected chi connectivity index (χ0v) is 14.8. The number of nitrogens with one attached hydrogen (secondary N) is 2. The van der Waals surface area contributed by atoms with Gasteiger partial charge in [-0.25, -0.2) is 19.3 Å². The largest absolute Gasteiger partial charge is 0.362 e. The van der Waals surface area contributed by atoms with Gasteiger partial charge in [-0.3, -0.25) is 4.98 Å². The zero-order chi connectivity index (χ0) is 18.3. The van der Waals surface area contributed by atoms with Gasteiger partial charge in [0.2, 0.25) is 0 Å². The number of aromatic amines is 1. The molecule has 0 spiro atoms. The molecule has 0 radical (unpaired) electrons. The van der Waals surface area contributed by atoms with Crippen molar-refractivity contribution in [1.29, 1.82) is 0 Å². The molecule has 6 nitrogen and oxygen atoms in total. The van der Waals surface area contributed by atoms with Gasteiger partial charge in [-0.2, -0.15) is 0 Å². The molecule has 132 valence electrons. The van der Waals surface area contributed by atoms with Gasteiger partial charge in [0, 0.05) is 17.1 Å². The molecule has 0 aliphatic heterocycles. The van der Waals surface area contributed by atoms with Gasteiger partial charge in [0.15, 0.2) is 11.5 Å². The lowest BCUT2D eigenvalue weighted by atomic mass is 9.97. The van der Waals surface area contributed by atoms with Crippen LogP contribution >= 0.6 is 0 Å². The fraction of sp³-hybridized carbons (Fsp3) is 0.263. The third kappa shape index (κ3) is 2.85. The van der Waals surface area contributed by atoms with Crippen LogP contribution in [0.15, 0.2) is 36.9 Å². The van der Waals surface area contributed by atoms with Crippen molar-refractivity contribution < 1.29 is 4.39 Å². The Balaban J connectivity index is 1.78. The molecular weight excluding hydrogens is 331 g/mol. The number of aromatic nitrogens is 5. The highest BCUT2D eigenvalue weighted by Crippen LogP contribution is 2.30. The second-order valence-corrected chi connectivity index (χ2v) is 6.64. The van der Waals surface area contributed by atoms with Gasteiger partial charge in [0.1, 0.15) is 17.7 Å². The predicted molar refractivity (Wildman–Crippen MR) is 99.5 cm³/mol. The molecule has 1 atom stereocenters. The summed E-state index contributed by atoms with van der Waals surface area (Å²) in [5, 5.41) is 4.32. The summed E-state index contributed by atoms with van der Waals surface area (Å²) < 4.78 is 13.6. The van der Waals surface area contributed by atoms with Gasteiger partial charge >= 0.3 is 0 Å². The first-order valence-electron chi connectivity index (χ1n) is 8.53. The Hall–Kier alpha value is -3.09.